The summed E-state index contributed by atoms with van der Waals surface area (Å²) in [7, 11) is 3.52. The number of rotatable bonds is 6. The van der Waals surface area contributed by atoms with Gasteiger partial charge in [-0.3, -0.25) is 4.90 Å². The summed E-state index contributed by atoms with van der Waals surface area (Å²) >= 11 is 0. The number of benzene rings is 2. The number of primary amides is 1. The molecule has 31 heavy (non-hydrogen) atoms. The minimum atomic E-state index is -0.988. The SMILES string of the molecule is COc1cc(C(=O)O)ccc1Cc1cn(C)c2ccc(N(C(N)=O)C3CCCC3)cc12. The van der Waals surface area contributed by atoms with E-state index in [1.54, 1.807) is 23.1 Å². The molecule has 1 aliphatic carbocycles. The number of amides is 2. The van der Waals surface area contributed by atoms with E-state index in [4.69, 9.17) is 10.5 Å². The van der Waals surface area contributed by atoms with Gasteiger partial charge in [0.15, 0.2) is 0 Å². The number of carboxylic acids is 1. The first-order valence-electron chi connectivity index (χ1n) is 10.5. The molecular formula is C24H27N3O4. The first-order valence-corrected chi connectivity index (χ1v) is 10.5. The van der Waals surface area contributed by atoms with Crippen LogP contribution in [0.3, 0.4) is 0 Å². The summed E-state index contributed by atoms with van der Waals surface area (Å²) in [6.07, 6.45) is 6.79. The van der Waals surface area contributed by atoms with Crippen LogP contribution in [0.2, 0.25) is 0 Å². The van der Waals surface area contributed by atoms with Crippen LogP contribution < -0.4 is 15.4 Å². The predicted octanol–water partition coefficient (Wildman–Crippen LogP) is 4.30. The van der Waals surface area contributed by atoms with Gasteiger partial charge in [-0.1, -0.05) is 18.9 Å². The summed E-state index contributed by atoms with van der Waals surface area (Å²) in [4.78, 5) is 25.3. The fraction of sp³-hybridized carbons (Fsp3) is 0.333. The number of methoxy groups -OCH3 is 1. The van der Waals surface area contributed by atoms with E-state index in [1.807, 2.05) is 25.2 Å². The molecule has 0 atom stereocenters. The van der Waals surface area contributed by atoms with E-state index in [0.29, 0.717) is 12.2 Å². The molecule has 1 aliphatic rings. The van der Waals surface area contributed by atoms with E-state index >= 15 is 0 Å². The summed E-state index contributed by atoms with van der Waals surface area (Å²) in [5.41, 5.74) is 9.77. The van der Waals surface area contributed by atoms with Gasteiger partial charge in [-0.05, 0) is 54.3 Å². The number of hydrogen-bond acceptors (Lipinski definition) is 3. The molecule has 4 rings (SSSR count). The first kappa shape index (κ1) is 20.8. The van der Waals surface area contributed by atoms with Crippen LogP contribution in [0.15, 0.2) is 42.6 Å². The minimum Gasteiger partial charge on any atom is -0.496 e. The molecule has 1 heterocycles. The fourth-order valence-corrected chi connectivity index (χ4v) is 4.66. The second kappa shape index (κ2) is 8.34. The molecule has 0 unspecified atom stereocenters. The van der Waals surface area contributed by atoms with Crippen molar-refractivity contribution < 1.29 is 19.4 Å². The van der Waals surface area contributed by atoms with Gasteiger partial charge < -0.3 is 20.1 Å². The zero-order valence-corrected chi connectivity index (χ0v) is 17.8. The zero-order chi connectivity index (χ0) is 22.1. The number of aryl methyl sites for hydroxylation is 1. The van der Waals surface area contributed by atoms with Gasteiger partial charge in [-0.15, -0.1) is 0 Å². The van der Waals surface area contributed by atoms with Gasteiger partial charge in [-0.25, -0.2) is 9.59 Å². The average molecular weight is 421 g/mol. The Morgan fingerprint density at radius 1 is 1.16 bits per heavy atom. The lowest BCUT2D eigenvalue weighted by Crippen LogP contribution is -2.42. The lowest BCUT2D eigenvalue weighted by atomic mass is 10.0. The third-order valence-corrected chi connectivity index (χ3v) is 6.18. The van der Waals surface area contributed by atoms with Crippen molar-refractivity contribution in [1.29, 1.82) is 0 Å². The van der Waals surface area contributed by atoms with Crippen LogP contribution in [-0.2, 0) is 13.5 Å². The van der Waals surface area contributed by atoms with Gasteiger partial charge in [0.05, 0.1) is 12.7 Å². The Hall–Kier alpha value is -3.48. The number of carbonyl (C=O) groups excluding carboxylic acids is 1. The molecule has 3 N–H and O–H groups in total. The monoisotopic (exact) mass is 421 g/mol. The van der Waals surface area contributed by atoms with Gasteiger partial charge in [0.2, 0.25) is 0 Å². The molecule has 0 radical (unpaired) electrons. The molecule has 1 fully saturated rings. The standard InChI is InChI=1S/C24H27N3O4/c1-26-14-17(11-15-7-8-16(23(28)29)12-22(15)31-2)20-13-19(9-10-21(20)26)27(24(25)30)18-5-3-4-6-18/h7-10,12-14,18H,3-6,11H2,1-2H3,(H2,25,30)(H,28,29). The molecule has 0 bridgehead atoms. The molecular weight excluding hydrogens is 394 g/mol. The van der Waals surface area contributed by atoms with Crippen LogP contribution in [0.25, 0.3) is 10.9 Å². The molecule has 3 aromatic rings. The Balaban J connectivity index is 1.74. The van der Waals surface area contributed by atoms with Crippen LogP contribution in [0.1, 0.15) is 47.2 Å². The second-order valence-electron chi connectivity index (χ2n) is 8.12. The number of carboxylic acid groups (broad SMARTS) is 1. The number of aromatic carboxylic acids is 1. The minimum absolute atomic E-state index is 0.144. The van der Waals surface area contributed by atoms with Crippen molar-refractivity contribution in [3.8, 4) is 5.75 Å². The molecule has 7 nitrogen and oxygen atoms in total. The maximum Gasteiger partial charge on any atom is 0.335 e. The van der Waals surface area contributed by atoms with E-state index in [1.165, 1.54) is 7.11 Å². The average Bonchev–Trinajstić information content (AvgIpc) is 3.37. The van der Waals surface area contributed by atoms with Crippen molar-refractivity contribution >= 4 is 28.6 Å². The summed E-state index contributed by atoms with van der Waals surface area (Å²) in [5, 5.41) is 10.3. The van der Waals surface area contributed by atoms with Crippen molar-refractivity contribution in [3.05, 3.63) is 59.3 Å². The summed E-state index contributed by atoms with van der Waals surface area (Å²) in [5.74, 6) is -0.448. The highest BCUT2D eigenvalue weighted by atomic mass is 16.5. The molecule has 0 aliphatic heterocycles. The van der Waals surface area contributed by atoms with Gasteiger partial charge in [0.25, 0.3) is 0 Å². The Morgan fingerprint density at radius 3 is 2.55 bits per heavy atom. The molecule has 1 saturated carbocycles. The highest BCUT2D eigenvalue weighted by Gasteiger charge is 2.27. The Bertz CT molecular complexity index is 1150. The number of fused-ring (bicyclic) bond motifs is 1. The molecule has 162 valence electrons. The van der Waals surface area contributed by atoms with Crippen molar-refractivity contribution in [3.63, 3.8) is 0 Å². The number of ether oxygens (including phenoxy) is 1. The van der Waals surface area contributed by atoms with Crippen LogP contribution in [0.5, 0.6) is 5.75 Å². The van der Waals surface area contributed by atoms with Crippen molar-refractivity contribution in [2.24, 2.45) is 12.8 Å². The van der Waals surface area contributed by atoms with Crippen LogP contribution in [0, 0.1) is 0 Å². The summed E-state index contributed by atoms with van der Waals surface area (Å²) in [6, 6.07) is 10.7. The summed E-state index contributed by atoms with van der Waals surface area (Å²) in [6.45, 7) is 0. The molecule has 2 amide bonds. The zero-order valence-electron chi connectivity index (χ0n) is 17.8. The van der Waals surface area contributed by atoms with Gasteiger partial charge in [-0.2, -0.15) is 0 Å². The number of aromatic nitrogens is 1. The van der Waals surface area contributed by atoms with Crippen LogP contribution in [0.4, 0.5) is 10.5 Å². The number of anilines is 1. The molecule has 2 aromatic carbocycles. The topological polar surface area (TPSA) is 97.8 Å². The lowest BCUT2D eigenvalue weighted by molar-refractivity contribution is 0.0696. The van der Waals surface area contributed by atoms with Crippen molar-refractivity contribution in [1.82, 2.24) is 4.57 Å². The molecule has 7 heteroatoms. The Kier molecular flexibility index (Phi) is 5.59. The largest absolute Gasteiger partial charge is 0.496 e. The third-order valence-electron chi connectivity index (χ3n) is 6.18. The first-order chi connectivity index (χ1) is 14.9. The second-order valence-corrected chi connectivity index (χ2v) is 8.12. The number of nitrogens with two attached hydrogens (primary N) is 1. The third kappa shape index (κ3) is 3.95. The highest BCUT2D eigenvalue weighted by molar-refractivity contribution is 5.96. The lowest BCUT2D eigenvalue weighted by Gasteiger charge is -2.27. The van der Waals surface area contributed by atoms with Crippen molar-refractivity contribution in [2.75, 3.05) is 12.0 Å². The maximum atomic E-state index is 12.3. The van der Waals surface area contributed by atoms with E-state index in [9.17, 15) is 14.7 Å². The number of hydrogen-bond donors (Lipinski definition) is 2. The van der Waals surface area contributed by atoms with E-state index in [0.717, 1.165) is 53.4 Å². The smallest absolute Gasteiger partial charge is 0.335 e. The molecule has 0 spiro atoms. The Labute approximate surface area is 181 Å². The maximum absolute atomic E-state index is 12.3. The van der Waals surface area contributed by atoms with Gasteiger partial charge in [0, 0.05) is 42.3 Å². The normalized spacial score (nSPS) is 14.1. The Morgan fingerprint density at radius 2 is 1.90 bits per heavy atom. The number of nitrogens with zero attached hydrogens (tertiary/aromatic N) is 2. The van der Waals surface area contributed by atoms with Crippen LogP contribution in [-0.4, -0.2) is 34.8 Å². The summed E-state index contributed by atoms with van der Waals surface area (Å²) < 4.78 is 7.50. The quantitative estimate of drug-likeness (QED) is 0.620. The molecule has 0 saturated heterocycles. The van der Waals surface area contributed by atoms with E-state index < -0.39 is 12.0 Å². The predicted molar refractivity (Wildman–Crippen MR) is 120 cm³/mol. The van der Waals surface area contributed by atoms with Crippen molar-refractivity contribution in [2.45, 2.75) is 38.1 Å². The van der Waals surface area contributed by atoms with Gasteiger partial charge in [0.1, 0.15) is 5.75 Å². The van der Waals surface area contributed by atoms with E-state index in [2.05, 4.69) is 10.8 Å². The highest BCUT2D eigenvalue weighted by Crippen LogP contribution is 2.33. The fourth-order valence-electron chi connectivity index (χ4n) is 4.66. The van der Waals surface area contributed by atoms with Gasteiger partial charge >= 0.3 is 12.0 Å². The number of urea groups is 1. The number of carbonyl (C=O) groups is 2. The molecule has 1 aromatic heterocycles. The van der Waals surface area contributed by atoms with E-state index in [-0.39, 0.29) is 11.6 Å². The van der Waals surface area contributed by atoms with Crippen LogP contribution >= 0.6 is 0 Å².